The van der Waals surface area contributed by atoms with E-state index in [4.69, 9.17) is 0 Å². The van der Waals surface area contributed by atoms with Gasteiger partial charge in [0.05, 0.1) is 36.8 Å². The van der Waals surface area contributed by atoms with E-state index in [1.54, 1.807) is 31.2 Å². The summed E-state index contributed by atoms with van der Waals surface area (Å²) in [5.41, 5.74) is 1.69. The molecule has 1 aliphatic rings. The first-order valence-electron chi connectivity index (χ1n) is 11.5. The molecule has 2 aromatic heterocycles. The molecule has 4 rings (SSSR count). The number of hydrogen-bond donors (Lipinski definition) is 4. The van der Waals surface area contributed by atoms with Crippen LogP contribution in [-0.4, -0.2) is 63.6 Å². The van der Waals surface area contributed by atoms with Gasteiger partial charge < -0.3 is 30.5 Å². The Labute approximate surface area is 225 Å². The van der Waals surface area contributed by atoms with Crippen molar-refractivity contribution in [2.45, 2.75) is 13.1 Å². The number of amides is 1. The smallest absolute Gasteiger partial charge is 0.342 e. The number of anilines is 3. The van der Waals surface area contributed by atoms with Crippen LogP contribution >= 0.6 is 15.9 Å². The zero-order valence-electron chi connectivity index (χ0n) is 20.8. The minimum absolute atomic E-state index is 0.0299. The van der Waals surface area contributed by atoms with Crippen molar-refractivity contribution in [1.82, 2.24) is 25.6 Å². The van der Waals surface area contributed by atoms with Crippen molar-refractivity contribution >= 4 is 50.1 Å². The predicted octanol–water partition coefficient (Wildman–Crippen LogP) is 3.23. The third-order valence-corrected chi connectivity index (χ3v) is 6.23. The quantitative estimate of drug-likeness (QED) is 0.128. The van der Waals surface area contributed by atoms with Crippen LogP contribution in [0.4, 0.5) is 21.7 Å². The molecule has 1 aromatic carbocycles. The Morgan fingerprint density at radius 2 is 2.05 bits per heavy atom. The highest BCUT2D eigenvalue weighted by molar-refractivity contribution is 9.10. The second-order valence-corrected chi connectivity index (χ2v) is 10.2. The van der Waals surface area contributed by atoms with Gasteiger partial charge in [-0.15, -0.1) is 0 Å². The number of aromatic nitrogens is 3. The van der Waals surface area contributed by atoms with Crippen molar-refractivity contribution in [3.05, 3.63) is 80.9 Å². The largest absolute Gasteiger partial charge is 0.358 e. The summed E-state index contributed by atoms with van der Waals surface area (Å²) in [6.45, 7) is 2.64. The molecule has 0 bridgehead atoms. The Morgan fingerprint density at radius 1 is 1.26 bits per heavy atom. The maximum absolute atomic E-state index is 13.6. The molecule has 198 valence electrons. The van der Waals surface area contributed by atoms with Gasteiger partial charge in [0.15, 0.2) is 11.9 Å². The molecule has 4 N–H and O–H groups in total. The first-order chi connectivity index (χ1) is 18.0. The van der Waals surface area contributed by atoms with Crippen LogP contribution in [0, 0.1) is 15.9 Å². The van der Waals surface area contributed by atoms with Crippen LogP contribution in [-0.2, 0) is 4.79 Å². The van der Waals surface area contributed by atoms with Gasteiger partial charge in [-0.2, -0.15) is 0 Å². The maximum atomic E-state index is 13.6. The van der Waals surface area contributed by atoms with Gasteiger partial charge in [-0.05, 0) is 58.1 Å². The Morgan fingerprint density at radius 3 is 2.79 bits per heavy atom. The molecule has 1 amide bonds. The van der Waals surface area contributed by atoms with Crippen LogP contribution in [0.5, 0.6) is 0 Å². The first-order valence-corrected chi connectivity index (χ1v) is 12.3. The number of carbonyl (C=O) groups excluding carboxylic acids is 1. The molecule has 1 atom stereocenters. The fourth-order valence-corrected chi connectivity index (χ4v) is 4.26. The van der Waals surface area contributed by atoms with Crippen molar-refractivity contribution in [2.24, 2.45) is 0 Å². The Bertz CT molecular complexity index is 1460. The number of nitro groups is 1. The molecule has 3 heterocycles. The van der Waals surface area contributed by atoms with Crippen molar-refractivity contribution in [2.75, 3.05) is 37.8 Å². The zero-order valence-corrected chi connectivity index (χ0v) is 22.4. The normalized spacial score (nSPS) is 15.4. The van der Waals surface area contributed by atoms with Crippen molar-refractivity contribution in [3.8, 4) is 0 Å². The minimum Gasteiger partial charge on any atom is -0.358 e. The zero-order chi connectivity index (χ0) is 27.4. The van der Waals surface area contributed by atoms with E-state index in [2.05, 4.69) is 52.1 Å². The van der Waals surface area contributed by atoms with E-state index in [0.29, 0.717) is 56.0 Å². The molecule has 12 nitrogen and oxygen atoms in total. The van der Waals surface area contributed by atoms with Gasteiger partial charge in [-0.25, -0.2) is 24.7 Å². The number of quaternary nitrogens is 1. The van der Waals surface area contributed by atoms with Gasteiger partial charge in [-0.3, -0.25) is 4.79 Å². The Kier molecular flexibility index (Phi) is 7.83. The number of fused-ring (bicyclic) bond motifs is 1. The lowest BCUT2D eigenvalue weighted by Crippen LogP contribution is -2.43. The van der Waals surface area contributed by atoms with Gasteiger partial charge in [0.25, 0.3) is 0 Å². The molecule has 0 saturated heterocycles. The van der Waals surface area contributed by atoms with Crippen LogP contribution in [0.3, 0.4) is 0 Å². The molecular weight excluding hydrogens is 561 g/mol. The number of rotatable bonds is 9. The summed E-state index contributed by atoms with van der Waals surface area (Å²) in [4.78, 5) is 36.1. The highest BCUT2D eigenvalue weighted by Crippen LogP contribution is 2.27. The number of nitrogens with one attached hydrogen (secondary N) is 4. The van der Waals surface area contributed by atoms with Gasteiger partial charge >= 0.3 is 5.82 Å². The average Bonchev–Trinajstić information content (AvgIpc) is 3.21. The molecule has 0 aliphatic carbocycles. The van der Waals surface area contributed by atoms with Gasteiger partial charge in [0.1, 0.15) is 30.3 Å². The highest BCUT2D eigenvalue weighted by Gasteiger charge is 2.32. The van der Waals surface area contributed by atoms with Crippen molar-refractivity contribution in [1.29, 1.82) is 0 Å². The molecule has 0 spiro atoms. The third kappa shape index (κ3) is 6.58. The SMILES string of the molecule is CC1NC(C[N+](C)(C)C/C=C/C(=O)Nc2cc3c(Nc4ccc(F)c(Br)c4)ncnc3cn2)=C([N+](=O)[O-])N1. The summed E-state index contributed by atoms with van der Waals surface area (Å²) in [5, 5.41) is 23.6. The lowest BCUT2D eigenvalue weighted by molar-refractivity contribution is -0.880. The fourth-order valence-electron chi connectivity index (χ4n) is 3.88. The second kappa shape index (κ2) is 11.1. The summed E-state index contributed by atoms with van der Waals surface area (Å²) in [6, 6.07) is 6.15. The van der Waals surface area contributed by atoms with E-state index in [0.717, 1.165) is 0 Å². The number of carbonyl (C=O) groups is 1. The van der Waals surface area contributed by atoms with Gasteiger partial charge in [0, 0.05) is 17.1 Å². The molecule has 0 saturated carbocycles. The second-order valence-electron chi connectivity index (χ2n) is 9.33. The monoisotopic (exact) mass is 586 g/mol. The van der Waals surface area contributed by atoms with Gasteiger partial charge in [0.2, 0.25) is 5.91 Å². The van der Waals surface area contributed by atoms with E-state index in [1.165, 1.54) is 24.7 Å². The molecular formula is C24H26BrFN9O3+. The van der Waals surface area contributed by atoms with E-state index in [-0.39, 0.29) is 23.7 Å². The van der Waals surface area contributed by atoms with Crippen LogP contribution in [0.1, 0.15) is 6.92 Å². The Hall–Kier alpha value is -4.17. The summed E-state index contributed by atoms with van der Waals surface area (Å²) >= 11 is 3.16. The maximum Gasteiger partial charge on any atom is 0.342 e. The van der Waals surface area contributed by atoms with E-state index in [1.807, 2.05) is 14.1 Å². The summed E-state index contributed by atoms with van der Waals surface area (Å²) < 4.78 is 14.3. The summed E-state index contributed by atoms with van der Waals surface area (Å²) in [7, 11) is 3.83. The topological polar surface area (TPSA) is 147 Å². The van der Waals surface area contributed by atoms with Crippen LogP contribution < -0.4 is 21.3 Å². The molecule has 1 aliphatic heterocycles. The molecule has 14 heteroatoms. The number of halogens is 2. The number of pyridine rings is 1. The Balaban J connectivity index is 1.42. The third-order valence-electron chi connectivity index (χ3n) is 5.62. The van der Waals surface area contributed by atoms with Gasteiger partial charge in [-0.1, -0.05) is 0 Å². The average molecular weight is 587 g/mol. The van der Waals surface area contributed by atoms with E-state index >= 15 is 0 Å². The summed E-state index contributed by atoms with van der Waals surface area (Å²) in [5.74, 6) is -0.0284. The fraction of sp³-hybridized carbons (Fsp3) is 0.250. The van der Waals surface area contributed by atoms with Crippen molar-refractivity contribution in [3.63, 3.8) is 0 Å². The van der Waals surface area contributed by atoms with Crippen LogP contribution in [0.2, 0.25) is 0 Å². The predicted molar refractivity (Wildman–Crippen MR) is 144 cm³/mol. The van der Waals surface area contributed by atoms with E-state index < -0.39 is 4.92 Å². The van der Waals surface area contributed by atoms with Crippen LogP contribution in [0.25, 0.3) is 10.9 Å². The van der Waals surface area contributed by atoms with Crippen molar-refractivity contribution < 1.29 is 18.6 Å². The number of benzene rings is 1. The lowest BCUT2D eigenvalue weighted by Gasteiger charge is -2.28. The standard InChI is InChI=1S/C24H25BrFN9O3/c1-14-30-20(24(31-14)34(37)38)12-35(2,3)8-4-5-22(36)33-21-10-16-19(11-27-21)28-13-29-23(16)32-15-6-7-18(26)17(25)9-15/h4-7,9-11,13-14H,8,12H2,1-3H3,(H3-,27,28,29,30,31,32,33,36)/p+1/b5-4+. The molecule has 38 heavy (non-hydrogen) atoms. The first kappa shape index (κ1) is 26.9. The minimum atomic E-state index is -0.434. The molecule has 0 radical (unpaired) electrons. The van der Waals surface area contributed by atoms with Crippen LogP contribution in [0.15, 0.2) is 64.9 Å². The lowest BCUT2D eigenvalue weighted by atomic mass is 10.2. The molecule has 0 fully saturated rings. The summed E-state index contributed by atoms with van der Waals surface area (Å²) in [6.07, 6.45) is 5.78. The number of likely N-dealkylation sites (N-methyl/N-ethyl adjacent to an activating group) is 1. The molecule has 1 unspecified atom stereocenters. The number of hydrogen-bond acceptors (Lipinski definition) is 9. The molecule has 3 aromatic rings. The highest BCUT2D eigenvalue weighted by atomic mass is 79.9. The number of nitrogens with zero attached hydrogens (tertiary/aromatic N) is 5. The van der Waals surface area contributed by atoms with E-state index in [9.17, 15) is 19.3 Å².